The second kappa shape index (κ2) is 10.1. The molecule has 1 heterocycles. The lowest BCUT2D eigenvalue weighted by Gasteiger charge is -2.10. The highest BCUT2D eigenvalue weighted by atomic mass is 79.9. The molecule has 0 aliphatic carbocycles. The molecule has 8 heteroatoms. The fraction of sp³-hybridized carbons (Fsp3) is 0.200. The summed E-state index contributed by atoms with van der Waals surface area (Å²) in [7, 11) is 0. The fourth-order valence-electron chi connectivity index (χ4n) is 2.61. The minimum Gasteiger partial charge on any atom is -0.342 e. The van der Waals surface area contributed by atoms with Crippen LogP contribution in [0, 0.1) is 11.3 Å². The van der Waals surface area contributed by atoms with Crippen LogP contribution in [-0.4, -0.2) is 33.0 Å². The first-order valence-electron chi connectivity index (χ1n) is 8.67. The van der Waals surface area contributed by atoms with Crippen molar-refractivity contribution in [2.45, 2.75) is 18.1 Å². The van der Waals surface area contributed by atoms with Gasteiger partial charge < -0.3 is 9.88 Å². The van der Waals surface area contributed by atoms with Gasteiger partial charge in [-0.05, 0) is 24.1 Å². The molecule has 0 spiro atoms. The van der Waals surface area contributed by atoms with E-state index in [0.717, 1.165) is 22.3 Å². The number of halogens is 1. The van der Waals surface area contributed by atoms with Crippen LogP contribution >= 0.6 is 27.7 Å². The van der Waals surface area contributed by atoms with E-state index in [1.165, 1.54) is 17.3 Å². The molecule has 0 atom stereocenters. The number of nitriles is 1. The summed E-state index contributed by atoms with van der Waals surface area (Å²) in [6.45, 7) is 0.703. The van der Waals surface area contributed by atoms with Gasteiger partial charge >= 0.3 is 0 Å². The molecule has 0 fully saturated rings. The molecule has 1 amide bonds. The number of aromatic nitrogens is 3. The number of hydrogen-bond acceptors (Lipinski definition) is 5. The van der Waals surface area contributed by atoms with Crippen LogP contribution in [0.2, 0.25) is 0 Å². The predicted molar refractivity (Wildman–Crippen MR) is 113 cm³/mol. The summed E-state index contributed by atoms with van der Waals surface area (Å²) in [5.41, 5.74) is 2.19. The molecule has 0 saturated carbocycles. The highest BCUT2D eigenvalue weighted by molar-refractivity contribution is 9.10. The Hall–Kier alpha value is -2.63. The lowest BCUT2D eigenvalue weighted by atomic mass is 10.1. The van der Waals surface area contributed by atoms with Gasteiger partial charge in [0.05, 0.1) is 11.8 Å². The van der Waals surface area contributed by atoms with Gasteiger partial charge in [0.1, 0.15) is 6.54 Å². The second-order valence-corrected chi connectivity index (χ2v) is 7.78. The third kappa shape index (κ3) is 5.44. The van der Waals surface area contributed by atoms with E-state index in [-0.39, 0.29) is 18.2 Å². The minimum absolute atomic E-state index is 0.00420. The number of rotatable bonds is 8. The van der Waals surface area contributed by atoms with Crippen molar-refractivity contribution < 1.29 is 4.79 Å². The topological polar surface area (TPSA) is 83.6 Å². The van der Waals surface area contributed by atoms with Crippen molar-refractivity contribution in [2.24, 2.45) is 0 Å². The van der Waals surface area contributed by atoms with Crippen molar-refractivity contribution >= 4 is 33.6 Å². The van der Waals surface area contributed by atoms with Gasteiger partial charge in [-0.25, -0.2) is 0 Å². The van der Waals surface area contributed by atoms with Crippen molar-refractivity contribution in [2.75, 3.05) is 12.3 Å². The Bertz CT molecular complexity index is 967. The summed E-state index contributed by atoms with van der Waals surface area (Å²) >= 11 is 4.77. The summed E-state index contributed by atoms with van der Waals surface area (Å²) in [6, 6.07) is 20.0. The summed E-state index contributed by atoms with van der Waals surface area (Å²) in [5.74, 6) is 0.753. The molecule has 0 aliphatic heterocycles. The van der Waals surface area contributed by atoms with Gasteiger partial charge in [-0.3, -0.25) is 4.79 Å². The Balaban J connectivity index is 1.81. The van der Waals surface area contributed by atoms with Crippen LogP contribution in [0.15, 0.2) is 64.2 Å². The van der Waals surface area contributed by atoms with Gasteiger partial charge in [-0.2, -0.15) is 5.26 Å². The first-order chi connectivity index (χ1) is 13.7. The Labute approximate surface area is 176 Å². The number of thioether (sulfide) groups is 1. The van der Waals surface area contributed by atoms with Crippen LogP contribution in [0.1, 0.15) is 5.56 Å². The molecule has 3 aromatic rings. The molecule has 0 unspecified atom stereocenters. The number of carbonyl (C=O) groups excluding carboxylic acids is 1. The maximum atomic E-state index is 11.8. The molecule has 1 aromatic heterocycles. The van der Waals surface area contributed by atoms with Crippen molar-refractivity contribution in [1.29, 1.82) is 5.26 Å². The highest BCUT2D eigenvalue weighted by Crippen LogP contribution is 2.25. The Morgan fingerprint density at radius 1 is 1.14 bits per heavy atom. The lowest BCUT2D eigenvalue weighted by Crippen LogP contribution is -2.25. The maximum Gasteiger partial charge on any atom is 0.231 e. The van der Waals surface area contributed by atoms with Gasteiger partial charge in [0.25, 0.3) is 0 Å². The molecule has 0 aliphatic rings. The van der Waals surface area contributed by atoms with E-state index >= 15 is 0 Å². The average molecular weight is 456 g/mol. The molecule has 6 nitrogen and oxygen atoms in total. The van der Waals surface area contributed by atoms with E-state index in [9.17, 15) is 4.79 Å². The molecule has 1 N–H and O–H groups in total. The van der Waals surface area contributed by atoms with E-state index in [4.69, 9.17) is 5.26 Å². The van der Waals surface area contributed by atoms with E-state index in [2.05, 4.69) is 43.6 Å². The van der Waals surface area contributed by atoms with E-state index in [1.807, 2.05) is 53.1 Å². The summed E-state index contributed by atoms with van der Waals surface area (Å²) in [5, 5.41) is 20.5. The number of nitrogens with one attached hydrogen (secondary N) is 1. The third-order valence-corrected chi connectivity index (χ3v) is 5.48. The SMILES string of the molecule is N#CCNC(=O)CSc1nnc(-c2ccc(Br)cc2)n1CCc1ccccc1. The zero-order valence-electron chi connectivity index (χ0n) is 15.0. The Kier molecular flexibility index (Phi) is 7.23. The number of benzene rings is 2. The molecule has 0 saturated heterocycles. The molecule has 142 valence electrons. The monoisotopic (exact) mass is 455 g/mol. The van der Waals surface area contributed by atoms with Crippen molar-refractivity contribution in [3.63, 3.8) is 0 Å². The summed E-state index contributed by atoms with van der Waals surface area (Å²) in [6.07, 6.45) is 0.830. The summed E-state index contributed by atoms with van der Waals surface area (Å²) < 4.78 is 3.04. The third-order valence-electron chi connectivity index (χ3n) is 3.98. The molecule has 0 radical (unpaired) electrons. The van der Waals surface area contributed by atoms with Gasteiger partial charge in [0.2, 0.25) is 5.91 Å². The quantitative estimate of drug-likeness (QED) is 0.413. The number of amides is 1. The largest absolute Gasteiger partial charge is 0.342 e. The minimum atomic E-state index is -0.200. The fourth-order valence-corrected chi connectivity index (χ4v) is 3.67. The maximum absolute atomic E-state index is 11.8. The van der Waals surface area contributed by atoms with Gasteiger partial charge in [-0.1, -0.05) is 70.2 Å². The van der Waals surface area contributed by atoms with E-state index < -0.39 is 0 Å². The predicted octanol–water partition coefficient (Wildman–Crippen LogP) is 3.68. The number of carbonyl (C=O) groups is 1. The van der Waals surface area contributed by atoms with Gasteiger partial charge in [-0.15, -0.1) is 10.2 Å². The zero-order valence-corrected chi connectivity index (χ0v) is 17.4. The van der Waals surface area contributed by atoms with Crippen LogP contribution in [0.4, 0.5) is 0 Å². The zero-order chi connectivity index (χ0) is 19.8. The van der Waals surface area contributed by atoms with Gasteiger partial charge in [0, 0.05) is 16.6 Å². The molecule has 2 aromatic carbocycles. The normalized spacial score (nSPS) is 10.4. The van der Waals surface area contributed by atoms with Gasteiger partial charge in [0.15, 0.2) is 11.0 Å². The van der Waals surface area contributed by atoms with Crippen LogP contribution in [0.25, 0.3) is 11.4 Å². The highest BCUT2D eigenvalue weighted by Gasteiger charge is 2.15. The van der Waals surface area contributed by atoms with Crippen LogP contribution in [-0.2, 0) is 17.8 Å². The number of aryl methyl sites for hydroxylation is 1. The first-order valence-corrected chi connectivity index (χ1v) is 10.4. The van der Waals surface area contributed by atoms with Crippen LogP contribution < -0.4 is 5.32 Å². The second-order valence-electron chi connectivity index (χ2n) is 5.92. The van der Waals surface area contributed by atoms with Crippen molar-refractivity contribution in [3.8, 4) is 17.5 Å². The Morgan fingerprint density at radius 3 is 2.61 bits per heavy atom. The molecular weight excluding hydrogens is 438 g/mol. The molecule has 28 heavy (non-hydrogen) atoms. The lowest BCUT2D eigenvalue weighted by molar-refractivity contribution is -0.118. The Morgan fingerprint density at radius 2 is 1.89 bits per heavy atom. The number of hydrogen-bond donors (Lipinski definition) is 1. The molecule has 3 rings (SSSR count). The van der Waals surface area contributed by atoms with Crippen molar-refractivity contribution in [1.82, 2.24) is 20.1 Å². The molecule has 0 bridgehead atoms. The van der Waals surface area contributed by atoms with Crippen molar-refractivity contribution in [3.05, 3.63) is 64.6 Å². The average Bonchev–Trinajstić information content (AvgIpc) is 3.13. The molecular formula is C20H18BrN5OS. The van der Waals surface area contributed by atoms with Crippen LogP contribution in [0.5, 0.6) is 0 Å². The van der Waals surface area contributed by atoms with E-state index in [0.29, 0.717) is 11.7 Å². The smallest absolute Gasteiger partial charge is 0.231 e. The standard InChI is InChI=1S/C20H18BrN5OS/c21-17-8-6-16(7-9-17)19-24-25-20(28-14-18(27)23-12-11-22)26(19)13-10-15-4-2-1-3-5-15/h1-9H,10,12-14H2,(H,23,27). The van der Waals surface area contributed by atoms with E-state index in [1.54, 1.807) is 0 Å². The van der Waals surface area contributed by atoms with Crippen LogP contribution in [0.3, 0.4) is 0 Å². The first kappa shape index (κ1) is 20.1. The summed E-state index contributed by atoms with van der Waals surface area (Å²) in [4.78, 5) is 11.8. The number of nitrogens with zero attached hydrogens (tertiary/aromatic N) is 4.